The van der Waals surface area contributed by atoms with Crippen LogP contribution in [-0.4, -0.2) is 34.1 Å². The second kappa shape index (κ2) is 7.34. The molecule has 0 aliphatic heterocycles. The van der Waals surface area contributed by atoms with E-state index in [4.69, 9.17) is 4.74 Å². The van der Waals surface area contributed by atoms with Crippen LogP contribution in [0.1, 0.15) is 20.8 Å². The predicted molar refractivity (Wildman–Crippen MR) is 92.6 cm³/mol. The normalized spacial score (nSPS) is 10.2. The highest BCUT2D eigenvalue weighted by Crippen LogP contribution is 2.20. The summed E-state index contributed by atoms with van der Waals surface area (Å²) in [5.74, 6) is -0.617. The lowest BCUT2D eigenvalue weighted by molar-refractivity contribution is 0.0843. The van der Waals surface area contributed by atoms with Gasteiger partial charge in [0.25, 0.3) is 17.4 Å². The van der Waals surface area contributed by atoms with Gasteiger partial charge in [0.2, 0.25) is 0 Å². The first-order valence-corrected chi connectivity index (χ1v) is 7.56. The van der Waals surface area contributed by atoms with Crippen LogP contribution in [0.4, 0.5) is 0 Å². The quantitative estimate of drug-likeness (QED) is 0.517. The molecule has 132 valence electrons. The first kappa shape index (κ1) is 17.0. The number of amides is 2. The molecule has 2 amide bonds. The fraction of sp³-hybridized carbons (Fsp3) is 0.0588. The molecule has 0 aliphatic rings. The zero-order valence-corrected chi connectivity index (χ0v) is 13.7. The number of benzene rings is 1. The molecule has 0 fully saturated rings. The van der Waals surface area contributed by atoms with E-state index >= 15 is 0 Å². The van der Waals surface area contributed by atoms with E-state index in [1.165, 1.54) is 18.3 Å². The third-order valence-electron chi connectivity index (χ3n) is 3.56. The summed E-state index contributed by atoms with van der Waals surface area (Å²) in [7, 11) is 1.57. The van der Waals surface area contributed by atoms with E-state index in [2.05, 4.69) is 26.0 Å². The highest BCUT2D eigenvalue weighted by Gasteiger charge is 2.14. The van der Waals surface area contributed by atoms with Gasteiger partial charge in [-0.3, -0.25) is 30.3 Å². The van der Waals surface area contributed by atoms with Crippen LogP contribution >= 0.6 is 0 Å². The Bertz CT molecular complexity index is 991. The van der Waals surface area contributed by atoms with Gasteiger partial charge in [-0.05, 0) is 42.5 Å². The molecule has 3 rings (SSSR count). The Balaban J connectivity index is 1.65. The van der Waals surface area contributed by atoms with Gasteiger partial charge in [0, 0.05) is 11.8 Å². The van der Waals surface area contributed by atoms with Crippen molar-refractivity contribution in [2.24, 2.45) is 0 Å². The predicted octanol–water partition coefficient (Wildman–Crippen LogP) is 0.848. The lowest BCUT2D eigenvalue weighted by Gasteiger charge is -2.05. The van der Waals surface area contributed by atoms with Crippen molar-refractivity contribution in [1.82, 2.24) is 26.0 Å². The summed E-state index contributed by atoms with van der Waals surface area (Å²) < 4.78 is 5.09. The summed E-state index contributed by atoms with van der Waals surface area (Å²) in [6.07, 6.45) is 1.41. The van der Waals surface area contributed by atoms with Gasteiger partial charge in [-0.1, -0.05) is 0 Å². The summed E-state index contributed by atoms with van der Waals surface area (Å²) in [5, 5.41) is 6.66. The minimum absolute atomic E-state index is 0.115. The number of carbonyl (C=O) groups is 2. The molecule has 26 heavy (non-hydrogen) atoms. The summed E-state index contributed by atoms with van der Waals surface area (Å²) in [6.45, 7) is 0. The minimum atomic E-state index is -0.727. The molecule has 0 saturated carbocycles. The van der Waals surface area contributed by atoms with Crippen molar-refractivity contribution in [1.29, 1.82) is 0 Å². The number of hydrazine groups is 1. The molecule has 2 heterocycles. The number of aromatic amines is 2. The molecular weight excluding hydrogens is 338 g/mol. The van der Waals surface area contributed by atoms with Gasteiger partial charge in [0.1, 0.15) is 17.0 Å². The van der Waals surface area contributed by atoms with Crippen LogP contribution in [0, 0.1) is 0 Å². The third kappa shape index (κ3) is 3.61. The number of methoxy groups -OCH3 is 1. The van der Waals surface area contributed by atoms with E-state index in [1.54, 1.807) is 37.4 Å². The number of carbonyl (C=O) groups excluding carboxylic acids is 2. The van der Waals surface area contributed by atoms with Crippen LogP contribution in [-0.2, 0) is 0 Å². The maximum absolute atomic E-state index is 12.1. The molecular formula is C17H15N5O4. The highest BCUT2D eigenvalue weighted by molar-refractivity contribution is 5.98. The van der Waals surface area contributed by atoms with Crippen molar-refractivity contribution in [2.45, 2.75) is 0 Å². The van der Waals surface area contributed by atoms with Crippen molar-refractivity contribution < 1.29 is 14.3 Å². The van der Waals surface area contributed by atoms with E-state index in [0.29, 0.717) is 11.4 Å². The molecule has 2 aromatic heterocycles. The summed E-state index contributed by atoms with van der Waals surface area (Å²) in [4.78, 5) is 37.9. The lowest BCUT2D eigenvalue weighted by atomic mass is 10.1. The Kier molecular flexibility index (Phi) is 4.79. The number of hydrogen-bond acceptors (Lipinski definition) is 5. The molecule has 0 bridgehead atoms. The Morgan fingerprint density at radius 3 is 2.50 bits per heavy atom. The topological polar surface area (TPSA) is 129 Å². The second-order valence-corrected chi connectivity index (χ2v) is 5.22. The smallest absolute Gasteiger partial charge is 0.287 e. The Hall–Kier alpha value is -3.88. The average molecular weight is 353 g/mol. The first-order chi connectivity index (χ1) is 12.6. The van der Waals surface area contributed by atoms with Gasteiger partial charge in [-0.25, -0.2) is 0 Å². The monoisotopic (exact) mass is 353 g/mol. The molecule has 0 unspecified atom stereocenters. The molecule has 9 nitrogen and oxygen atoms in total. The molecule has 4 N–H and O–H groups in total. The number of H-pyrrole nitrogens is 2. The van der Waals surface area contributed by atoms with Crippen LogP contribution in [0.15, 0.2) is 53.5 Å². The zero-order valence-electron chi connectivity index (χ0n) is 13.7. The molecule has 1 aromatic carbocycles. The fourth-order valence-electron chi connectivity index (χ4n) is 2.20. The van der Waals surface area contributed by atoms with Crippen LogP contribution in [0.3, 0.4) is 0 Å². The largest absolute Gasteiger partial charge is 0.497 e. The SMILES string of the molecule is COc1ccc(-c2cc(C(=O)NNC(=O)c3ccc[nH]c3=O)[nH]n2)cc1. The lowest BCUT2D eigenvalue weighted by Crippen LogP contribution is -2.43. The summed E-state index contributed by atoms with van der Waals surface area (Å²) in [6, 6.07) is 11.6. The van der Waals surface area contributed by atoms with Crippen LogP contribution < -0.4 is 21.1 Å². The van der Waals surface area contributed by atoms with E-state index in [1.807, 2.05) is 0 Å². The highest BCUT2D eigenvalue weighted by atomic mass is 16.5. The first-order valence-electron chi connectivity index (χ1n) is 7.56. The van der Waals surface area contributed by atoms with E-state index in [-0.39, 0.29) is 11.3 Å². The molecule has 0 radical (unpaired) electrons. The van der Waals surface area contributed by atoms with Gasteiger partial charge < -0.3 is 9.72 Å². The van der Waals surface area contributed by atoms with E-state index in [0.717, 1.165) is 5.56 Å². The number of nitrogens with zero attached hydrogens (tertiary/aromatic N) is 1. The number of nitrogens with one attached hydrogen (secondary N) is 4. The summed E-state index contributed by atoms with van der Waals surface area (Å²) >= 11 is 0. The fourth-order valence-corrected chi connectivity index (χ4v) is 2.20. The van der Waals surface area contributed by atoms with Crippen molar-refractivity contribution in [3.05, 3.63) is 70.3 Å². The molecule has 3 aromatic rings. The van der Waals surface area contributed by atoms with Gasteiger partial charge in [-0.15, -0.1) is 0 Å². The Morgan fingerprint density at radius 1 is 1.08 bits per heavy atom. The average Bonchev–Trinajstić information content (AvgIpc) is 3.16. The van der Waals surface area contributed by atoms with Crippen molar-refractivity contribution >= 4 is 11.8 Å². The summed E-state index contributed by atoms with van der Waals surface area (Å²) in [5.41, 5.74) is 5.24. The van der Waals surface area contributed by atoms with Gasteiger partial charge in [0.05, 0.1) is 12.8 Å². The van der Waals surface area contributed by atoms with Crippen molar-refractivity contribution in [3.8, 4) is 17.0 Å². The second-order valence-electron chi connectivity index (χ2n) is 5.22. The Labute approximate surface area is 147 Å². The number of hydrogen-bond donors (Lipinski definition) is 4. The van der Waals surface area contributed by atoms with Crippen LogP contribution in [0.5, 0.6) is 5.75 Å². The van der Waals surface area contributed by atoms with Crippen molar-refractivity contribution in [2.75, 3.05) is 7.11 Å². The third-order valence-corrected chi connectivity index (χ3v) is 3.56. The number of ether oxygens (including phenoxy) is 1. The molecule has 0 atom stereocenters. The Morgan fingerprint density at radius 2 is 1.81 bits per heavy atom. The molecule has 0 saturated heterocycles. The van der Waals surface area contributed by atoms with Crippen molar-refractivity contribution in [3.63, 3.8) is 0 Å². The van der Waals surface area contributed by atoms with Gasteiger partial charge >= 0.3 is 0 Å². The standard InChI is InChI=1S/C17H15N5O4/c1-26-11-6-4-10(5-7-11)13-9-14(20-19-13)17(25)22-21-16(24)12-3-2-8-18-15(12)23/h2-9H,1H3,(H,18,23)(H,19,20)(H,21,24)(H,22,25). The van der Waals surface area contributed by atoms with Gasteiger partial charge in [0.15, 0.2) is 0 Å². The molecule has 0 aliphatic carbocycles. The van der Waals surface area contributed by atoms with E-state index < -0.39 is 17.4 Å². The number of rotatable bonds is 4. The zero-order chi connectivity index (χ0) is 18.5. The number of pyridine rings is 1. The van der Waals surface area contributed by atoms with Crippen LogP contribution in [0.2, 0.25) is 0 Å². The molecule has 0 spiro atoms. The maximum Gasteiger partial charge on any atom is 0.287 e. The van der Waals surface area contributed by atoms with E-state index in [9.17, 15) is 14.4 Å². The van der Waals surface area contributed by atoms with Gasteiger partial charge in [-0.2, -0.15) is 5.10 Å². The number of aromatic nitrogens is 3. The maximum atomic E-state index is 12.1. The molecule has 9 heteroatoms. The van der Waals surface area contributed by atoms with Crippen LogP contribution in [0.25, 0.3) is 11.3 Å². The minimum Gasteiger partial charge on any atom is -0.497 e.